The summed E-state index contributed by atoms with van der Waals surface area (Å²) in [4.78, 5) is 0. The second-order valence-electron chi connectivity index (χ2n) is 4.99. The van der Waals surface area contributed by atoms with Crippen LogP contribution in [-0.4, -0.2) is 6.10 Å². The third kappa shape index (κ3) is 2.92. The lowest BCUT2D eigenvalue weighted by Crippen LogP contribution is -2.25. The fourth-order valence-electron chi connectivity index (χ4n) is 2.58. The third-order valence-corrected chi connectivity index (χ3v) is 3.62. The summed E-state index contributed by atoms with van der Waals surface area (Å²) < 4.78 is 32.7. The van der Waals surface area contributed by atoms with Gasteiger partial charge in [-0.25, -0.2) is 8.78 Å². The van der Waals surface area contributed by atoms with Crippen molar-refractivity contribution in [2.75, 3.05) is 5.73 Å². The van der Waals surface area contributed by atoms with Gasteiger partial charge in [-0.05, 0) is 25.2 Å². The average molecular weight is 255 g/mol. The zero-order valence-electron chi connectivity index (χ0n) is 10.6. The molecule has 0 spiro atoms. The summed E-state index contributed by atoms with van der Waals surface area (Å²) in [6.07, 6.45) is 4.98. The Balaban J connectivity index is 2.09. The highest BCUT2D eigenvalue weighted by Gasteiger charge is 2.24. The van der Waals surface area contributed by atoms with Crippen LogP contribution in [0.4, 0.5) is 14.5 Å². The number of anilines is 1. The Morgan fingerprint density at radius 1 is 1.28 bits per heavy atom. The molecule has 2 nitrogen and oxygen atoms in total. The van der Waals surface area contributed by atoms with Gasteiger partial charge >= 0.3 is 0 Å². The normalized spacial score (nSPS) is 23.9. The van der Waals surface area contributed by atoms with Crippen LogP contribution in [0.2, 0.25) is 0 Å². The highest BCUT2D eigenvalue weighted by molar-refractivity contribution is 5.44. The van der Waals surface area contributed by atoms with E-state index in [2.05, 4.69) is 6.92 Å². The molecule has 0 radical (unpaired) electrons. The van der Waals surface area contributed by atoms with E-state index in [1.807, 2.05) is 0 Å². The van der Waals surface area contributed by atoms with E-state index in [1.54, 1.807) is 0 Å². The Kier molecular flexibility index (Phi) is 4.04. The van der Waals surface area contributed by atoms with E-state index in [1.165, 1.54) is 6.42 Å². The maximum atomic E-state index is 13.6. The largest absolute Gasteiger partial charge is 0.484 e. The lowest BCUT2D eigenvalue weighted by molar-refractivity contribution is 0.112. The number of rotatable bonds is 3. The Morgan fingerprint density at radius 3 is 2.56 bits per heavy atom. The van der Waals surface area contributed by atoms with Gasteiger partial charge in [0.15, 0.2) is 17.4 Å². The van der Waals surface area contributed by atoms with Crippen LogP contribution in [-0.2, 0) is 0 Å². The molecule has 4 heteroatoms. The summed E-state index contributed by atoms with van der Waals surface area (Å²) in [7, 11) is 0. The number of nitrogens with two attached hydrogens (primary N) is 1. The Morgan fingerprint density at radius 2 is 1.94 bits per heavy atom. The van der Waals surface area contributed by atoms with Gasteiger partial charge in [0.25, 0.3) is 0 Å². The molecule has 1 saturated carbocycles. The molecule has 2 atom stereocenters. The molecule has 0 bridgehead atoms. The fourth-order valence-corrected chi connectivity index (χ4v) is 2.58. The van der Waals surface area contributed by atoms with E-state index >= 15 is 0 Å². The van der Waals surface area contributed by atoms with Crippen molar-refractivity contribution in [1.82, 2.24) is 0 Å². The smallest absolute Gasteiger partial charge is 0.191 e. The summed E-state index contributed by atoms with van der Waals surface area (Å²) in [5.41, 5.74) is 5.45. The van der Waals surface area contributed by atoms with Crippen molar-refractivity contribution < 1.29 is 13.5 Å². The molecule has 1 aliphatic rings. The number of hydrogen-bond acceptors (Lipinski definition) is 2. The van der Waals surface area contributed by atoms with E-state index in [9.17, 15) is 8.78 Å². The predicted octanol–water partition coefficient (Wildman–Crippen LogP) is 3.89. The molecule has 0 heterocycles. The van der Waals surface area contributed by atoms with Crippen LogP contribution >= 0.6 is 0 Å². The number of hydrogen-bond donors (Lipinski definition) is 1. The third-order valence-electron chi connectivity index (χ3n) is 3.62. The minimum atomic E-state index is -0.717. The number of benzene rings is 1. The first-order chi connectivity index (χ1) is 8.60. The summed E-state index contributed by atoms with van der Waals surface area (Å²) in [5.74, 6) is -1.12. The zero-order valence-corrected chi connectivity index (χ0v) is 10.6. The summed E-state index contributed by atoms with van der Waals surface area (Å²) in [6.45, 7) is 2.14. The standard InChI is InChI=1S/C14H19F2NO/c1-2-9-4-3-5-11(6-9)18-14-12(15)7-10(17)8-13(14)16/h7-9,11H,2-6,17H2,1H3. The number of halogens is 2. The van der Waals surface area contributed by atoms with Crippen LogP contribution in [0.15, 0.2) is 12.1 Å². The topological polar surface area (TPSA) is 35.2 Å². The molecule has 2 rings (SSSR count). The maximum Gasteiger partial charge on any atom is 0.191 e. The molecule has 18 heavy (non-hydrogen) atoms. The van der Waals surface area contributed by atoms with Gasteiger partial charge in [0.05, 0.1) is 6.10 Å². The first-order valence-corrected chi connectivity index (χ1v) is 6.51. The lowest BCUT2D eigenvalue weighted by atomic mass is 9.85. The van der Waals surface area contributed by atoms with Gasteiger partial charge in [-0.15, -0.1) is 0 Å². The molecule has 2 unspecified atom stereocenters. The van der Waals surface area contributed by atoms with E-state index in [4.69, 9.17) is 10.5 Å². The number of ether oxygens (including phenoxy) is 1. The second-order valence-corrected chi connectivity index (χ2v) is 4.99. The first-order valence-electron chi connectivity index (χ1n) is 6.51. The summed E-state index contributed by atoms with van der Waals surface area (Å²) >= 11 is 0. The molecule has 0 saturated heterocycles. The lowest BCUT2D eigenvalue weighted by Gasteiger charge is -2.29. The van der Waals surface area contributed by atoms with Crippen molar-refractivity contribution in [3.63, 3.8) is 0 Å². The molecule has 2 N–H and O–H groups in total. The minimum Gasteiger partial charge on any atom is -0.484 e. The Bertz CT molecular complexity index is 399. The molecule has 1 aromatic carbocycles. The predicted molar refractivity (Wildman–Crippen MR) is 67.4 cm³/mol. The molecule has 1 aromatic rings. The van der Waals surface area contributed by atoms with Crippen LogP contribution in [0.1, 0.15) is 39.0 Å². The zero-order chi connectivity index (χ0) is 13.1. The van der Waals surface area contributed by atoms with E-state index < -0.39 is 11.6 Å². The van der Waals surface area contributed by atoms with Crippen LogP contribution in [0.5, 0.6) is 5.75 Å². The van der Waals surface area contributed by atoms with Gasteiger partial charge < -0.3 is 10.5 Å². The summed E-state index contributed by atoms with van der Waals surface area (Å²) in [6, 6.07) is 2.19. The molecule has 100 valence electrons. The van der Waals surface area contributed by atoms with Crippen molar-refractivity contribution in [2.24, 2.45) is 5.92 Å². The molecule has 0 amide bonds. The maximum absolute atomic E-state index is 13.6. The van der Waals surface area contributed by atoms with E-state index in [-0.39, 0.29) is 17.5 Å². The number of nitrogen functional groups attached to an aromatic ring is 1. The van der Waals surface area contributed by atoms with Crippen molar-refractivity contribution in [3.05, 3.63) is 23.8 Å². The molecular formula is C14H19F2NO. The van der Waals surface area contributed by atoms with E-state index in [0.717, 1.165) is 37.8 Å². The van der Waals surface area contributed by atoms with Crippen LogP contribution in [0.25, 0.3) is 0 Å². The van der Waals surface area contributed by atoms with Crippen molar-refractivity contribution in [2.45, 2.75) is 45.1 Å². The van der Waals surface area contributed by atoms with Gasteiger partial charge in [-0.1, -0.05) is 19.8 Å². The SMILES string of the molecule is CCC1CCCC(Oc2c(F)cc(N)cc2F)C1. The average Bonchev–Trinajstić information content (AvgIpc) is 2.34. The Hall–Kier alpha value is -1.32. The summed E-state index contributed by atoms with van der Waals surface area (Å²) in [5, 5.41) is 0. The minimum absolute atomic E-state index is 0.0763. The quantitative estimate of drug-likeness (QED) is 0.831. The van der Waals surface area contributed by atoms with Crippen molar-refractivity contribution in [3.8, 4) is 5.75 Å². The molecular weight excluding hydrogens is 236 g/mol. The highest BCUT2D eigenvalue weighted by atomic mass is 19.1. The van der Waals surface area contributed by atoms with Crippen LogP contribution in [0.3, 0.4) is 0 Å². The first kappa shape index (κ1) is 13.1. The van der Waals surface area contributed by atoms with Gasteiger partial charge in [-0.3, -0.25) is 0 Å². The van der Waals surface area contributed by atoms with Crippen LogP contribution in [0, 0.1) is 17.6 Å². The highest BCUT2D eigenvalue weighted by Crippen LogP contribution is 2.32. The van der Waals surface area contributed by atoms with Crippen LogP contribution < -0.4 is 10.5 Å². The van der Waals surface area contributed by atoms with Gasteiger partial charge in [0.2, 0.25) is 0 Å². The fraction of sp³-hybridized carbons (Fsp3) is 0.571. The van der Waals surface area contributed by atoms with Gasteiger partial charge in [0.1, 0.15) is 0 Å². The van der Waals surface area contributed by atoms with E-state index in [0.29, 0.717) is 5.92 Å². The Labute approximate surface area is 106 Å². The molecule has 0 aromatic heterocycles. The monoisotopic (exact) mass is 255 g/mol. The van der Waals surface area contributed by atoms with Gasteiger partial charge in [-0.2, -0.15) is 0 Å². The molecule has 1 aliphatic carbocycles. The second kappa shape index (κ2) is 5.55. The molecule has 0 aliphatic heterocycles. The van der Waals surface area contributed by atoms with Crippen molar-refractivity contribution in [1.29, 1.82) is 0 Å². The molecule has 1 fully saturated rings. The van der Waals surface area contributed by atoms with Crippen molar-refractivity contribution >= 4 is 5.69 Å². The van der Waals surface area contributed by atoms with Gasteiger partial charge in [0, 0.05) is 17.8 Å².